The molecule has 1 amide bonds. The second kappa shape index (κ2) is 5.50. The highest BCUT2D eigenvalue weighted by Crippen LogP contribution is 2.29. The molecule has 0 fully saturated rings. The molecule has 0 aliphatic heterocycles. The molecule has 1 heterocycles. The second-order valence-electron chi connectivity index (χ2n) is 4.39. The summed E-state index contributed by atoms with van der Waals surface area (Å²) < 4.78 is 26.9. The van der Waals surface area contributed by atoms with Crippen LogP contribution in [0.4, 0.5) is 13.9 Å². The molecule has 7 heteroatoms. The summed E-state index contributed by atoms with van der Waals surface area (Å²) in [5.74, 6) is -1.53. The van der Waals surface area contributed by atoms with Gasteiger partial charge in [0, 0.05) is 6.07 Å². The number of hydrogen-bond acceptors (Lipinski definition) is 3. The van der Waals surface area contributed by atoms with E-state index in [4.69, 9.17) is 0 Å². The van der Waals surface area contributed by atoms with Gasteiger partial charge in [-0.25, -0.2) is 13.8 Å². The highest BCUT2D eigenvalue weighted by Gasteiger charge is 2.20. The zero-order valence-electron chi connectivity index (χ0n) is 10.2. The molecule has 1 atom stereocenters. The van der Waals surface area contributed by atoms with Gasteiger partial charge in [0.05, 0.1) is 9.53 Å². The standard InChI is InChI=1S/C12H11BrF2N2OS/c1-5(2)9(13)11(18)17-12-16-10-7(15)3-6(14)4-8(10)19-12/h3-5,9H,1-2H3,(H,16,17,18). The maximum atomic E-state index is 13.5. The predicted octanol–water partition coefficient (Wildman–Crippen LogP) is 3.93. The Bertz CT molecular complexity index is 629. The van der Waals surface area contributed by atoms with Gasteiger partial charge in [0.2, 0.25) is 5.91 Å². The molecule has 0 spiro atoms. The number of carbonyl (C=O) groups excluding carboxylic acids is 1. The SMILES string of the molecule is CC(C)C(Br)C(=O)Nc1nc2c(F)cc(F)cc2s1. The number of nitrogens with one attached hydrogen (secondary N) is 1. The zero-order valence-corrected chi connectivity index (χ0v) is 12.6. The monoisotopic (exact) mass is 348 g/mol. The molecule has 0 saturated carbocycles. The number of nitrogens with zero attached hydrogens (tertiary/aromatic N) is 1. The van der Waals surface area contributed by atoms with Crippen LogP contribution >= 0.6 is 27.3 Å². The minimum atomic E-state index is -0.731. The topological polar surface area (TPSA) is 42.0 Å². The lowest BCUT2D eigenvalue weighted by Crippen LogP contribution is -2.26. The fourth-order valence-electron chi connectivity index (χ4n) is 1.49. The third-order valence-electron chi connectivity index (χ3n) is 2.48. The van der Waals surface area contributed by atoms with E-state index < -0.39 is 11.6 Å². The van der Waals surface area contributed by atoms with Gasteiger partial charge in [-0.2, -0.15) is 0 Å². The first kappa shape index (κ1) is 14.3. The van der Waals surface area contributed by atoms with Crippen LogP contribution in [-0.2, 0) is 4.79 Å². The van der Waals surface area contributed by atoms with Gasteiger partial charge in [0.25, 0.3) is 0 Å². The summed E-state index contributed by atoms with van der Waals surface area (Å²) >= 11 is 4.30. The lowest BCUT2D eigenvalue weighted by molar-refractivity contribution is -0.116. The van der Waals surface area contributed by atoms with E-state index in [-0.39, 0.29) is 27.3 Å². The Hall–Kier alpha value is -1.08. The van der Waals surface area contributed by atoms with Gasteiger partial charge in [-0.3, -0.25) is 4.79 Å². The third kappa shape index (κ3) is 3.09. The number of aromatic nitrogens is 1. The largest absolute Gasteiger partial charge is 0.301 e. The van der Waals surface area contributed by atoms with Crippen molar-refractivity contribution in [1.29, 1.82) is 0 Å². The quantitative estimate of drug-likeness (QED) is 0.853. The van der Waals surface area contributed by atoms with Crippen molar-refractivity contribution in [3.05, 3.63) is 23.8 Å². The predicted molar refractivity (Wildman–Crippen MR) is 75.7 cm³/mol. The maximum absolute atomic E-state index is 13.5. The van der Waals surface area contributed by atoms with E-state index in [9.17, 15) is 13.6 Å². The highest BCUT2D eigenvalue weighted by molar-refractivity contribution is 9.10. The molecule has 2 rings (SSSR count). The molecule has 19 heavy (non-hydrogen) atoms. The molecule has 0 saturated heterocycles. The fraction of sp³-hybridized carbons (Fsp3) is 0.333. The Labute approximate surface area is 121 Å². The number of fused-ring (bicyclic) bond motifs is 1. The Balaban J connectivity index is 2.27. The van der Waals surface area contributed by atoms with Crippen LogP contribution < -0.4 is 5.32 Å². The van der Waals surface area contributed by atoms with E-state index in [1.165, 1.54) is 6.07 Å². The van der Waals surface area contributed by atoms with Crippen molar-refractivity contribution in [3.8, 4) is 0 Å². The van der Waals surface area contributed by atoms with Crippen LogP contribution in [0.25, 0.3) is 10.2 Å². The smallest absolute Gasteiger partial charge is 0.240 e. The van der Waals surface area contributed by atoms with E-state index in [1.54, 1.807) is 0 Å². The van der Waals surface area contributed by atoms with E-state index in [2.05, 4.69) is 26.2 Å². The van der Waals surface area contributed by atoms with Crippen LogP contribution in [0.15, 0.2) is 12.1 Å². The van der Waals surface area contributed by atoms with Crippen LogP contribution in [0.2, 0.25) is 0 Å². The Morgan fingerprint density at radius 1 is 1.42 bits per heavy atom. The first-order valence-electron chi connectivity index (χ1n) is 5.59. The van der Waals surface area contributed by atoms with Gasteiger partial charge in [0.15, 0.2) is 10.9 Å². The number of alkyl halides is 1. The van der Waals surface area contributed by atoms with Gasteiger partial charge >= 0.3 is 0 Å². The average molecular weight is 349 g/mol. The Morgan fingerprint density at radius 3 is 2.74 bits per heavy atom. The van der Waals surface area contributed by atoms with Crippen LogP contribution in [0.5, 0.6) is 0 Å². The fourth-order valence-corrected chi connectivity index (χ4v) is 2.51. The van der Waals surface area contributed by atoms with Crippen LogP contribution in [0.1, 0.15) is 13.8 Å². The molecule has 1 aromatic carbocycles. The second-order valence-corrected chi connectivity index (χ2v) is 6.41. The van der Waals surface area contributed by atoms with Gasteiger partial charge in [-0.05, 0) is 12.0 Å². The Morgan fingerprint density at radius 2 is 2.11 bits per heavy atom. The maximum Gasteiger partial charge on any atom is 0.240 e. The molecule has 0 aliphatic carbocycles. The highest BCUT2D eigenvalue weighted by atomic mass is 79.9. The number of anilines is 1. The molecular formula is C12H11BrF2N2OS. The first-order valence-corrected chi connectivity index (χ1v) is 7.32. The van der Waals surface area contributed by atoms with Crippen molar-refractivity contribution >= 4 is 48.5 Å². The number of benzene rings is 1. The number of halogens is 3. The third-order valence-corrected chi connectivity index (χ3v) is 4.87. The molecule has 1 N–H and O–H groups in total. The lowest BCUT2D eigenvalue weighted by atomic mass is 10.1. The van der Waals surface area contributed by atoms with Gasteiger partial charge in [0.1, 0.15) is 11.3 Å². The van der Waals surface area contributed by atoms with Gasteiger partial charge in [-0.1, -0.05) is 41.1 Å². The molecule has 0 bridgehead atoms. The summed E-state index contributed by atoms with van der Waals surface area (Å²) in [5, 5.41) is 2.85. The van der Waals surface area contributed by atoms with Crippen LogP contribution in [0, 0.1) is 17.6 Å². The molecule has 102 valence electrons. The minimum Gasteiger partial charge on any atom is -0.301 e. The minimum absolute atomic E-state index is 0.0670. The van der Waals surface area contributed by atoms with Crippen molar-refractivity contribution < 1.29 is 13.6 Å². The molecular weight excluding hydrogens is 338 g/mol. The van der Waals surface area contributed by atoms with Crippen molar-refractivity contribution in [1.82, 2.24) is 4.98 Å². The summed E-state index contributed by atoms with van der Waals surface area (Å²) in [4.78, 5) is 15.4. The summed E-state index contributed by atoms with van der Waals surface area (Å²) in [6, 6.07) is 1.97. The summed E-state index contributed by atoms with van der Waals surface area (Å²) in [7, 11) is 0. The zero-order chi connectivity index (χ0) is 14.2. The van der Waals surface area contributed by atoms with Crippen LogP contribution in [0.3, 0.4) is 0 Å². The van der Waals surface area contributed by atoms with Crippen molar-refractivity contribution in [3.63, 3.8) is 0 Å². The van der Waals surface area contributed by atoms with Gasteiger partial charge < -0.3 is 5.32 Å². The van der Waals surface area contributed by atoms with E-state index in [0.29, 0.717) is 4.70 Å². The number of rotatable bonds is 3. The number of amides is 1. The Kier molecular flexibility index (Phi) is 4.15. The van der Waals surface area contributed by atoms with Crippen molar-refractivity contribution in [2.24, 2.45) is 5.92 Å². The summed E-state index contributed by atoms with van der Waals surface area (Å²) in [5.41, 5.74) is 0.0670. The van der Waals surface area contributed by atoms with Gasteiger partial charge in [-0.15, -0.1) is 0 Å². The van der Waals surface area contributed by atoms with Crippen molar-refractivity contribution in [2.75, 3.05) is 5.32 Å². The van der Waals surface area contributed by atoms with Crippen LogP contribution in [-0.4, -0.2) is 15.7 Å². The first-order chi connectivity index (χ1) is 8.88. The molecule has 2 aromatic rings. The summed E-state index contributed by atoms with van der Waals surface area (Å²) in [6.45, 7) is 3.79. The van der Waals surface area contributed by atoms with E-state index in [0.717, 1.165) is 17.4 Å². The number of thiazole rings is 1. The normalized spacial score (nSPS) is 12.9. The van der Waals surface area contributed by atoms with E-state index in [1.807, 2.05) is 13.8 Å². The van der Waals surface area contributed by atoms with E-state index >= 15 is 0 Å². The molecule has 0 radical (unpaired) electrons. The number of carbonyl (C=O) groups is 1. The average Bonchev–Trinajstić information content (AvgIpc) is 2.70. The molecule has 3 nitrogen and oxygen atoms in total. The number of hydrogen-bond donors (Lipinski definition) is 1. The molecule has 0 aliphatic rings. The molecule has 1 aromatic heterocycles. The molecule has 1 unspecified atom stereocenters. The lowest BCUT2D eigenvalue weighted by Gasteiger charge is -2.11. The summed E-state index contributed by atoms with van der Waals surface area (Å²) in [6.07, 6.45) is 0. The van der Waals surface area contributed by atoms with Crippen molar-refractivity contribution in [2.45, 2.75) is 18.7 Å².